The predicted molar refractivity (Wildman–Crippen MR) is 65.2 cm³/mol. The van der Waals surface area contributed by atoms with Crippen molar-refractivity contribution in [3.8, 4) is 0 Å². The number of piperidine rings is 1. The lowest BCUT2D eigenvalue weighted by Crippen LogP contribution is -2.46. The van der Waals surface area contributed by atoms with Crippen LogP contribution in [-0.2, 0) is 0 Å². The first-order valence-electron chi connectivity index (χ1n) is 6.15. The zero-order chi connectivity index (χ0) is 11.7. The molecule has 0 amide bonds. The number of likely N-dealkylation sites (tertiary alicyclic amines) is 1. The number of aryl methyl sites for hydroxylation is 1. The highest BCUT2D eigenvalue weighted by molar-refractivity contribution is 5.09. The Morgan fingerprint density at radius 2 is 2.25 bits per heavy atom. The molecule has 0 radical (unpaired) electrons. The number of nitrogens with zero attached hydrogens (tertiary/aromatic N) is 1. The number of hydrogen-bond donors (Lipinski definition) is 1. The first kappa shape index (κ1) is 11.7. The molecule has 2 heterocycles. The Balaban J connectivity index is 2.07. The highest BCUT2D eigenvalue weighted by Gasteiger charge is 2.28. The molecule has 1 aliphatic heterocycles. The summed E-state index contributed by atoms with van der Waals surface area (Å²) in [5.41, 5.74) is 5.98. The van der Waals surface area contributed by atoms with Crippen molar-refractivity contribution in [2.75, 3.05) is 6.54 Å². The highest BCUT2D eigenvalue weighted by Crippen LogP contribution is 2.28. The Morgan fingerprint density at radius 1 is 1.50 bits per heavy atom. The second-order valence-electron chi connectivity index (χ2n) is 5.00. The van der Waals surface area contributed by atoms with Crippen LogP contribution in [0.3, 0.4) is 0 Å². The molecule has 0 saturated carbocycles. The van der Waals surface area contributed by atoms with E-state index < -0.39 is 0 Å². The SMILES string of the molecule is Cc1ccc(C(C)N2CCC(N)CC2C)o1. The third-order valence-electron chi connectivity index (χ3n) is 3.64. The van der Waals surface area contributed by atoms with Crippen LogP contribution in [0.1, 0.15) is 44.3 Å². The Labute approximate surface area is 97.6 Å². The molecule has 3 heteroatoms. The van der Waals surface area contributed by atoms with Crippen LogP contribution >= 0.6 is 0 Å². The molecule has 90 valence electrons. The van der Waals surface area contributed by atoms with E-state index in [4.69, 9.17) is 10.2 Å². The van der Waals surface area contributed by atoms with Crippen LogP contribution in [0.25, 0.3) is 0 Å². The average Bonchev–Trinajstić information content (AvgIpc) is 2.64. The van der Waals surface area contributed by atoms with E-state index in [2.05, 4.69) is 24.8 Å². The summed E-state index contributed by atoms with van der Waals surface area (Å²) in [6.07, 6.45) is 2.18. The lowest BCUT2D eigenvalue weighted by atomic mass is 9.97. The van der Waals surface area contributed by atoms with Gasteiger partial charge in [0.15, 0.2) is 0 Å². The van der Waals surface area contributed by atoms with Crippen LogP contribution in [0.2, 0.25) is 0 Å². The summed E-state index contributed by atoms with van der Waals surface area (Å²) in [5.74, 6) is 2.06. The van der Waals surface area contributed by atoms with Gasteiger partial charge >= 0.3 is 0 Å². The molecule has 0 aromatic carbocycles. The minimum absolute atomic E-state index is 0.358. The van der Waals surface area contributed by atoms with Crippen LogP contribution in [0.5, 0.6) is 0 Å². The molecular weight excluding hydrogens is 200 g/mol. The molecule has 0 spiro atoms. The fourth-order valence-electron chi connectivity index (χ4n) is 2.64. The molecule has 1 fully saturated rings. The molecule has 0 bridgehead atoms. The summed E-state index contributed by atoms with van der Waals surface area (Å²) in [7, 11) is 0. The molecule has 16 heavy (non-hydrogen) atoms. The molecular formula is C13H22N2O. The first-order valence-corrected chi connectivity index (χ1v) is 6.15. The number of nitrogens with two attached hydrogens (primary N) is 1. The smallest absolute Gasteiger partial charge is 0.121 e. The maximum Gasteiger partial charge on any atom is 0.121 e. The van der Waals surface area contributed by atoms with Crippen molar-refractivity contribution in [1.29, 1.82) is 0 Å². The van der Waals surface area contributed by atoms with Crippen molar-refractivity contribution in [2.24, 2.45) is 5.73 Å². The van der Waals surface area contributed by atoms with E-state index in [0.717, 1.165) is 30.9 Å². The van der Waals surface area contributed by atoms with Crippen molar-refractivity contribution in [1.82, 2.24) is 4.90 Å². The number of hydrogen-bond acceptors (Lipinski definition) is 3. The Bertz CT molecular complexity index is 347. The van der Waals surface area contributed by atoms with Crippen molar-refractivity contribution < 1.29 is 4.42 Å². The van der Waals surface area contributed by atoms with Gasteiger partial charge in [-0.1, -0.05) is 0 Å². The summed E-state index contributed by atoms with van der Waals surface area (Å²) in [4.78, 5) is 2.49. The van der Waals surface area contributed by atoms with Gasteiger partial charge in [-0.05, 0) is 45.7 Å². The van der Waals surface area contributed by atoms with Crippen molar-refractivity contribution in [3.05, 3.63) is 23.7 Å². The normalized spacial score (nSPS) is 29.2. The molecule has 2 rings (SSSR count). The topological polar surface area (TPSA) is 42.4 Å². The van der Waals surface area contributed by atoms with Gasteiger partial charge in [0.2, 0.25) is 0 Å². The third-order valence-corrected chi connectivity index (χ3v) is 3.64. The largest absolute Gasteiger partial charge is 0.465 e. The van der Waals surface area contributed by atoms with E-state index in [0.29, 0.717) is 18.1 Å². The van der Waals surface area contributed by atoms with Crippen molar-refractivity contribution in [3.63, 3.8) is 0 Å². The molecule has 3 nitrogen and oxygen atoms in total. The van der Waals surface area contributed by atoms with Crippen molar-refractivity contribution in [2.45, 2.75) is 51.7 Å². The molecule has 3 unspecified atom stereocenters. The van der Waals surface area contributed by atoms with E-state index in [9.17, 15) is 0 Å². The Morgan fingerprint density at radius 3 is 2.81 bits per heavy atom. The third kappa shape index (κ3) is 2.30. The second-order valence-corrected chi connectivity index (χ2v) is 5.00. The summed E-state index contributed by atoms with van der Waals surface area (Å²) in [6.45, 7) is 7.53. The fourth-order valence-corrected chi connectivity index (χ4v) is 2.64. The van der Waals surface area contributed by atoms with Gasteiger partial charge in [-0.15, -0.1) is 0 Å². The second kappa shape index (κ2) is 4.60. The molecule has 1 saturated heterocycles. The van der Waals surface area contributed by atoms with E-state index in [1.165, 1.54) is 0 Å². The lowest BCUT2D eigenvalue weighted by Gasteiger charge is -2.39. The number of rotatable bonds is 2. The van der Waals surface area contributed by atoms with Gasteiger partial charge in [-0.3, -0.25) is 4.90 Å². The molecule has 1 aliphatic rings. The quantitative estimate of drug-likeness (QED) is 0.835. The van der Waals surface area contributed by atoms with Gasteiger partial charge < -0.3 is 10.2 Å². The van der Waals surface area contributed by atoms with E-state index in [1.54, 1.807) is 0 Å². The molecule has 1 aromatic rings. The monoisotopic (exact) mass is 222 g/mol. The van der Waals surface area contributed by atoms with E-state index in [-0.39, 0.29) is 0 Å². The van der Waals surface area contributed by atoms with E-state index >= 15 is 0 Å². The minimum Gasteiger partial charge on any atom is -0.465 e. The summed E-state index contributed by atoms with van der Waals surface area (Å²) in [6, 6.07) is 5.39. The zero-order valence-corrected chi connectivity index (χ0v) is 10.4. The highest BCUT2D eigenvalue weighted by atomic mass is 16.3. The zero-order valence-electron chi connectivity index (χ0n) is 10.4. The van der Waals surface area contributed by atoms with E-state index in [1.807, 2.05) is 13.0 Å². The van der Waals surface area contributed by atoms with Gasteiger partial charge in [-0.25, -0.2) is 0 Å². The summed E-state index contributed by atoms with van der Waals surface area (Å²) >= 11 is 0. The van der Waals surface area contributed by atoms with Crippen LogP contribution in [0, 0.1) is 6.92 Å². The molecule has 1 aromatic heterocycles. The van der Waals surface area contributed by atoms with Crippen LogP contribution in [-0.4, -0.2) is 23.5 Å². The standard InChI is InChI=1S/C13H22N2O/c1-9-8-12(14)6-7-15(9)11(3)13-5-4-10(2)16-13/h4-5,9,11-12H,6-8,14H2,1-3H3. The molecule has 2 N–H and O–H groups in total. The maximum atomic E-state index is 5.98. The molecule has 3 atom stereocenters. The van der Waals surface area contributed by atoms with Crippen LogP contribution < -0.4 is 5.73 Å². The first-order chi connectivity index (χ1) is 7.58. The minimum atomic E-state index is 0.358. The summed E-state index contributed by atoms with van der Waals surface area (Å²) in [5, 5.41) is 0. The number of furan rings is 1. The maximum absolute atomic E-state index is 5.98. The van der Waals surface area contributed by atoms with Gasteiger partial charge in [0, 0.05) is 18.6 Å². The van der Waals surface area contributed by atoms with Crippen molar-refractivity contribution >= 4 is 0 Å². The predicted octanol–water partition coefficient (Wildman–Crippen LogP) is 2.46. The van der Waals surface area contributed by atoms with Gasteiger partial charge in [0.1, 0.15) is 11.5 Å². The summed E-state index contributed by atoms with van der Waals surface area (Å²) < 4.78 is 5.70. The fraction of sp³-hybridized carbons (Fsp3) is 0.692. The Kier molecular flexibility index (Phi) is 3.36. The Hall–Kier alpha value is -0.800. The van der Waals surface area contributed by atoms with Crippen LogP contribution in [0.4, 0.5) is 0 Å². The van der Waals surface area contributed by atoms with Gasteiger partial charge in [0.25, 0.3) is 0 Å². The van der Waals surface area contributed by atoms with Gasteiger partial charge in [0.05, 0.1) is 6.04 Å². The van der Waals surface area contributed by atoms with Gasteiger partial charge in [-0.2, -0.15) is 0 Å². The van der Waals surface area contributed by atoms with Crippen LogP contribution in [0.15, 0.2) is 16.5 Å². The lowest BCUT2D eigenvalue weighted by molar-refractivity contribution is 0.0921. The average molecular weight is 222 g/mol. The molecule has 0 aliphatic carbocycles.